The van der Waals surface area contributed by atoms with E-state index in [0.29, 0.717) is 36.1 Å². The van der Waals surface area contributed by atoms with Crippen LogP contribution in [-0.2, 0) is 43.5 Å². The van der Waals surface area contributed by atoms with Gasteiger partial charge in [-0.05, 0) is 54.3 Å². The van der Waals surface area contributed by atoms with Crippen molar-refractivity contribution in [2.24, 2.45) is 5.92 Å². The molecule has 2 aromatic rings. The van der Waals surface area contributed by atoms with Gasteiger partial charge in [0.1, 0.15) is 17.6 Å². The van der Waals surface area contributed by atoms with Crippen molar-refractivity contribution < 1.29 is 37.1 Å². The van der Waals surface area contributed by atoms with Crippen LogP contribution < -0.4 is 5.32 Å². The minimum Gasteiger partial charge on any atom is -0.480 e. The first-order valence-corrected chi connectivity index (χ1v) is 14.9. The second kappa shape index (κ2) is 10.8. The molecule has 5 rings (SSSR count). The van der Waals surface area contributed by atoms with Gasteiger partial charge in [0, 0.05) is 37.3 Å². The zero-order chi connectivity index (χ0) is 28.8. The topological polar surface area (TPSA) is 143 Å². The summed E-state index contributed by atoms with van der Waals surface area (Å²) in [5.74, 6) is -1.35. The zero-order valence-corrected chi connectivity index (χ0v) is 23.5. The first-order chi connectivity index (χ1) is 18.9. The van der Waals surface area contributed by atoms with Crippen molar-refractivity contribution in [2.45, 2.75) is 36.9 Å². The third kappa shape index (κ3) is 5.54. The third-order valence-corrected chi connectivity index (χ3v) is 8.61. The van der Waals surface area contributed by atoms with Crippen LogP contribution in [0.5, 0.6) is 0 Å². The molecule has 3 aliphatic rings. The Labute approximate surface area is 239 Å². The summed E-state index contributed by atoms with van der Waals surface area (Å²) in [6.07, 6.45) is 8.92. The van der Waals surface area contributed by atoms with E-state index < -0.39 is 27.8 Å². The van der Waals surface area contributed by atoms with E-state index in [1.54, 1.807) is 23.3 Å². The Morgan fingerprint density at radius 3 is 2.73 bits per heavy atom. The van der Waals surface area contributed by atoms with E-state index in [4.69, 9.17) is 32.4 Å². The molecule has 40 heavy (non-hydrogen) atoms. The largest absolute Gasteiger partial charge is 0.480 e. The second-order valence-electron chi connectivity index (χ2n) is 9.72. The lowest BCUT2D eigenvalue weighted by Gasteiger charge is -2.31. The summed E-state index contributed by atoms with van der Waals surface area (Å²) >= 11 is 13.1. The molecule has 0 saturated heterocycles. The highest BCUT2D eigenvalue weighted by atomic mass is 35.5. The predicted molar refractivity (Wildman–Crippen MR) is 144 cm³/mol. The summed E-state index contributed by atoms with van der Waals surface area (Å²) < 4.78 is 34.0. The Hall–Kier alpha value is -3.54. The van der Waals surface area contributed by atoms with Crippen LogP contribution in [-0.4, -0.2) is 55.1 Å². The van der Waals surface area contributed by atoms with Crippen LogP contribution in [0.2, 0.25) is 10.0 Å². The molecule has 2 N–H and O–H groups in total. The number of hydrogen-bond acceptors (Lipinski definition) is 7. The molecule has 0 spiro atoms. The number of carbonyl (C=O) groups excluding carboxylic acids is 2. The smallest absolute Gasteiger partial charge is 0.326 e. The second-order valence-corrected chi connectivity index (χ2v) is 12.4. The highest BCUT2D eigenvalue weighted by Crippen LogP contribution is 2.36. The number of carbonyl (C=O) groups is 3. The number of aliphatic carboxylic acids is 1. The van der Waals surface area contributed by atoms with Crippen molar-refractivity contribution in [3.05, 3.63) is 86.5 Å². The van der Waals surface area contributed by atoms with Gasteiger partial charge in [0.2, 0.25) is 14.9 Å². The first kappa shape index (κ1) is 28.0. The Morgan fingerprint density at radius 2 is 2.02 bits per heavy atom. The average Bonchev–Trinajstić information content (AvgIpc) is 3.56. The molecule has 1 aromatic carbocycles. The van der Waals surface area contributed by atoms with Crippen LogP contribution in [0.25, 0.3) is 0 Å². The average molecular weight is 607 g/mol. The molecule has 2 aliphatic heterocycles. The number of hydrogen-bond donors (Lipinski definition) is 2. The van der Waals surface area contributed by atoms with Crippen LogP contribution in [0.3, 0.4) is 0 Å². The van der Waals surface area contributed by atoms with Gasteiger partial charge in [0.25, 0.3) is 11.8 Å². The fraction of sp³-hybridized carbons (Fsp3) is 0.296. The van der Waals surface area contributed by atoms with E-state index in [2.05, 4.69) is 5.32 Å². The van der Waals surface area contributed by atoms with E-state index in [1.807, 2.05) is 12.2 Å². The van der Waals surface area contributed by atoms with Crippen molar-refractivity contribution in [1.29, 1.82) is 0 Å². The quantitative estimate of drug-likeness (QED) is 0.486. The van der Waals surface area contributed by atoms with Gasteiger partial charge in [-0.3, -0.25) is 9.59 Å². The number of amides is 2. The lowest BCUT2D eigenvalue weighted by molar-refractivity contribution is -0.139. The van der Waals surface area contributed by atoms with E-state index >= 15 is 0 Å². The number of carboxylic acids is 1. The highest BCUT2D eigenvalue weighted by Gasteiger charge is 2.31. The monoisotopic (exact) mass is 606 g/mol. The van der Waals surface area contributed by atoms with Crippen LogP contribution in [0, 0.1) is 5.92 Å². The van der Waals surface area contributed by atoms with Gasteiger partial charge in [0.15, 0.2) is 0 Å². The number of nitrogens with one attached hydrogen (secondary N) is 1. The van der Waals surface area contributed by atoms with Crippen molar-refractivity contribution >= 4 is 50.8 Å². The Balaban J connectivity index is 1.31. The fourth-order valence-corrected chi connectivity index (χ4v) is 6.20. The molecule has 2 amide bonds. The van der Waals surface area contributed by atoms with E-state index in [1.165, 1.54) is 12.1 Å². The molecule has 0 saturated carbocycles. The molecule has 0 radical (unpaired) electrons. The molecular weight excluding hydrogens is 583 g/mol. The third-order valence-electron chi connectivity index (χ3n) is 6.95. The number of rotatable bonds is 7. The number of fused-ring (bicyclic) bond motifs is 2. The van der Waals surface area contributed by atoms with Crippen LogP contribution >= 0.6 is 23.2 Å². The molecule has 2 atom stereocenters. The van der Waals surface area contributed by atoms with Crippen LogP contribution in [0.1, 0.15) is 33.7 Å². The van der Waals surface area contributed by atoms with Gasteiger partial charge >= 0.3 is 5.97 Å². The SMILES string of the molecule is CS(=O)(=O)c1ccc(C[C@H](NC(=O)c2c(Cl)cc3c(c2Cl)CCN(C(=O)C2=CCC4C=COC4=C2)C3)C(=O)O)o1. The summed E-state index contributed by atoms with van der Waals surface area (Å²) in [5.41, 5.74) is 1.80. The number of sulfone groups is 1. The molecule has 0 bridgehead atoms. The van der Waals surface area contributed by atoms with Crippen molar-refractivity contribution in [3.63, 3.8) is 0 Å². The highest BCUT2D eigenvalue weighted by molar-refractivity contribution is 7.90. The van der Waals surface area contributed by atoms with Crippen molar-refractivity contribution in [2.75, 3.05) is 12.8 Å². The summed E-state index contributed by atoms with van der Waals surface area (Å²) in [6, 6.07) is 2.67. The number of benzene rings is 1. The maximum Gasteiger partial charge on any atom is 0.326 e. The van der Waals surface area contributed by atoms with Crippen molar-refractivity contribution in [1.82, 2.24) is 10.2 Å². The number of ether oxygens (including phenoxy) is 1. The van der Waals surface area contributed by atoms with Gasteiger partial charge in [0.05, 0.1) is 21.9 Å². The molecule has 1 unspecified atom stereocenters. The molecule has 1 aliphatic carbocycles. The number of carboxylic acid groups (broad SMARTS) is 1. The Kier molecular flexibility index (Phi) is 7.56. The summed E-state index contributed by atoms with van der Waals surface area (Å²) in [6.45, 7) is 0.591. The molecule has 210 valence electrons. The Bertz CT molecular complexity index is 1620. The predicted octanol–water partition coefficient (Wildman–Crippen LogP) is 3.67. The summed E-state index contributed by atoms with van der Waals surface area (Å²) in [5, 5.41) is 11.8. The molecule has 10 nitrogen and oxygen atoms in total. The number of nitrogens with zero attached hydrogens (tertiary/aromatic N) is 1. The molecule has 13 heteroatoms. The van der Waals surface area contributed by atoms with E-state index in [0.717, 1.165) is 12.0 Å². The van der Waals surface area contributed by atoms with Crippen molar-refractivity contribution in [3.8, 4) is 0 Å². The minimum atomic E-state index is -3.62. The van der Waals surface area contributed by atoms with Gasteiger partial charge in [-0.15, -0.1) is 0 Å². The van der Waals surface area contributed by atoms with Gasteiger partial charge < -0.3 is 24.5 Å². The van der Waals surface area contributed by atoms with Gasteiger partial charge in [-0.25, -0.2) is 13.2 Å². The minimum absolute atomic E-state index is 0.00400. The molecular formula is C27H24Cl2N2O8S. The lowest BCUT2D eigenvalue weighted by atomic mass is 9.93. The normalized spacial score (nSPS) is 18.7. The Morgan fingerprint density at radius 1 is 1.25 bits per heavy atom. The number of allylic oxidation sites excluding steroid dienone is 2. The number of halogens is 2. The standard InChI is InChI=1S/C27H24Cl2N2O8S/c1-40(36,37)22-5-4-17(39-22)12-20(27(34)35)30-25(32)23-19(28)10-16-13-31(8-6-18(16)24(23)29)26(33)15-3-2-14-7-9-38-21(14)11-15/h3-5,7,9-11,14,20H,2,6,8,12-13H2,1H3,(H,30,32)(H,34,35)/t14?,20-/m0/s1. The maximum absolute atomic E-state index is 13.2. The van der Waals surface area contributed by atoms with E-state index in [9.17, 15) is 27.9 Å². The maximum atomic E-state index is 13.2. The zero-order valence-electron chi connectivity index (χ0n) is 21.1. The summed E-state index contributed by atoms with van der Waals surface area (Å²) in [4.78, 5) is 39.9. The number of furan rings is 1. The molecule has 3 heterocycles. The molecule has 0 fully saturated rings. The lowest BCUT2D eigenvalue weighted by Crippen LogP contribution is -2.42. The first-order valence-electron chi connectivity index (χ1n) is 12.3. The van der Waals surface area contributed by atoms with E-state index in [-0.39, 0.29) is 51.3 Å². The van der Waals surface area contributed by atoms with Crippen LogP contribution in [0.4, 0.5) is 0 Å². The summed E-state index contributed by atoms with van der Waals surface area (Å²) in [7, 11) is -3.62. The van der Waals surface area contributed by atoms with Gasteiger partial charge in [-0.1, -0.05) is 29.3 Å². The molecule has 1 aromatic heterocycles. The van der Waals surface area contributed by atoms with Gasteiger partial charge in [-0.2, -0.15) is 0 Å². The van der Waals surface area contributed by atoms with Crippen LogP contribution in [0.15, 0.2) is 63.5 Å². The fourth-order valence-electron chi connectivity index (χ4n) is 4.86.